The lowest BCUT2D eigenvalue weighted by Crippen LogP contribution is -2.34. The average Bonchev–Trinajstić information content (AvgIpc) is 2.66. The van der Waals surface area contributed by atoms with Gasteiger partial charge in [-0.25, -0.2) is 0 Å². The first-order valence-electron chi connectivity index (χ1n) is 6.20. The number of rotatable bonds is 5. The zero-order chi connectivity index (χ0) is 11.3. The zero-order valence-electron chi connectivity index (χ0n) is 10.0. The van der Waals surface area contributed by atoms with Crippen molar-refractivity contribution in [1.29, 1.82) is 0 Å². The van der Waals surface area contributed by atoms with Crippen LogP contribution in [0.25, 0.3) is 0 Å². The number of hydrogen-bond donors (Lipinski definition) is 1. The fourth-order valence-electron chi connectivity index (χ4n) is 2.22. The van der Waals surface area contributed by atoms with Crippen molar-refractivity contribution in [3.05, 3.63) is 0 Å². The molecule has 0 spiro atoms. The van der Waals surface area contributed by atoms with Gasteiger partial charge in [0.1, 0.15) is 0 Å². The van der Waals surface area contributed by atoms with E-state index in [2.05, 4.69) is 13.8 Å². The van der Waals surface area contributed by atoms with Crippen molar-refractivity contribution in [3.8, 4) is 0 Å². The monoisotopic (exact) mass is 212 g/mol. The lowest BCUT2D eigenvalue weighted by Gasteiger charge is -2.18. The second-order valence-electron chi connectivity index (χ2n) is 4.66. The highest BCUT2D eigenvalue weighted by molar-refractivity contribution is 5.77. The predicted octanol–water partition coefficient (Wildman–Crippen LogP) is 1.76. The lowest BCUT2D eigenvalue weighted by atomic mass is 10.1. The number of carbonyl (C=O) groups excluding carboxylic acids is 1. The van der Waals surface area contributed by atoms with Crippen LogP contribution >= 0.6 is 0 Å². The molecule has 2 unspecified atom stereocenters. The smallest absolute Gasteiger partial charge is 0.224 e. The Labute approximate surface area is 93.0 Å². The Morgan fingerprint density at radius 1 is 1.53 bits per heavy atom. The second-order valence-corrected chi connectivity index (χ2v) is 4.66. The Balaban J connectivity index is 2.29. The summed E-state index contributed by atoms with van der Waals surface area (Å²) in [5.74, 6) is 0.975. The fraction of sp³-hybridized carbons (Fsp3) is 0.917. The average molecular weight is 212 g/mol. The molecular weight excluding hydrogens is 188 g/mol. The quantitative estimate of drug-likeness (QED) is 0.755. The molecule has 3 nitrogen and oxygen atoms in total. The summed E-state index contributed by atoms with van der Waals surface area (Å²) in [7, 11) is 0. The SMILES string of the molecule is CCCC(N)CC(=O)N1CCC(CC)C1. The fourth-order valence-corrected chi connectivity index (χ4v) is 2.22. The molecule has 1 heterocycles. The van der Waals surface area contributed by atoms with Gasteiger partial charge in [0.2, 0.25) is 5.91 Å². The van der Waals surface area contributed by atoms with E-state index in [1.165, 1.54) is 12.8 Å². The number of likely N-dealkylation sites (tertiary alicyclic amines) is 1. The molecule has 1 fully saturated rings. The molecule has 1 aliphatic heterocycles. The van der Waals surface area contributed by atoms with Gasteiger partial charge in [0.25, 0.3) is 0 Å². The number of nitrogens with zero attached hydrogens (tertiary/aromatic N) is 1. The van der Waals surface area contributed by atoms with Gasteiger partial charge in [-0.1, -0.05) is 26.7 Å². The van der Waals surface area contributed by atoms with E-state index in [0.717, 1.165) is 31.8 Å². The summed E-state index contributed by atoms with van der Waals surface area (Å²) in [6, 6.07) is 0.0585. The standard InChI is InChI=1S/C12H24N2O/c1-3-5-11(13)8-12(15)14-7-6-10(4-2)9-14/h10-11H,3-9,13H2,1-2H3. The summed E-state index contributed by atoms with van der Waals surface area (Å²) < 4.78 is 0. The Morgan fingerprint density at radius 2 is 2.27 bits per heavy atom. The van der Waals surface area contributed by atoms with Gasteiger partial charge in [0, 0.05) is 25.6 Å². The van der Waals surface area contributed by atoms with Gasteiger partial charge in [0.05, 0.1) is 0 Å². The second kappa shape index (κ2) is 6.11. The van der Waals surface area contributed by atoms with Crippen molar-refractivity contribution in [2.45, 2.75) is 52.0 Å². The van der Waals surface area contributed by atoms with E-state index in [1.54, 1.807) is 0 Å². The maximum absolute atomic E-state index is 11.8. The summed E-state index contributed by atoms with van der Waals surface area (Å²) in [6.07, 6.45) is 4.91. The maximum atomic E-state index is 11.8. The molecule has 0 saturated carbocycles. The van der Waals surface area contributed by atoms with Crippen LogP contribution in [0.2, 0.25) is 0 Å². The van der Waals surface area contributed by atoms with E-state index in [1.807, 2.05) is 4.90 Å². The topological polar surface area (TPSA) is 46.3 Å². The highest BCUT2D eigenvalue weighted by Gasteiger charge is 2.25. The first-order valence-corrected chi connectivity index (χ1v) is 6.20. The molecule has 1 aliphatic rings. The molecule has 0 radical (unpaired) electrons. The molecule has 1 saturated heterocycles. The predicted molar refractivity (Wildman–Crippen MR) is 62.5 cm³/mol. The first-order chi connectivity index (χ1) is 7.17. The van der Waals surface area contributed by atoms with Crippen LogP contribution in [-0.4, -0.2) is 29.9 Å². The Hall–Kier alpha value is -0.570. The summed E-state index contributed by atoms with van der Waals surface area (Å²) in [5.41, 5.74) is 5.87. The molecule has 0 aliphatic carbocycles. The number of amides is 1. The van der Waals surface area contributed by atoms with Crippen LogP contribution in [0.1, 0.15) is 46.0 Å². The van der Waals surface area contributed by atoms with Gasteiger partial charge in [-0.3, -0.25) is 4.79 Å². The van der Waals surface area contributed by atoms with E-state index in [-0.39, 0.29) is 11.9 Å². The third-order valence-corrected chi connectivity index (χ3v) is 3.31. The van der Waals surface area contributed by atoms with Gasteiger partial charge >= 0.3 is 0 Å². The Morgan fingerprint density at radius 3 is 2.80 bits per heavy atom. The van der Waals surface area contributed by atoms with Crippen LogP contribution in [0, 0.1) is 5.92 Å². The van der Waals surface area contributed by atoms with Crippen LogP contribution in [0.3, 0.4) is 0 Å². The van der Waals surface area contributed by atoms with Crippen molar-refractivity contribution in [1.82, 2.24) is 4.90 Å². The van der Waals surface area contributed by atoms with Crippen LogP contribution in [0.15, 0.2) is 0 Å². The molecule has 0 aromatic carbocycles. The van der Waals surface area contributed by atoms with Crippen LogP contribution in [0.5, 0.6) is 0 Å². The van der Waals surface area contributed by atoms with Crippen molar-refractivity contribution in [2.75, 3.05) is 13.1 Å². The summed E-state index contributed by atoms with van der Waals surface area (Å²) in [6.45, 7) is 6.19. The van der Waals surface area contributed by atoms with Gasteiger partial charge in [-0.2, -0.15) is 0 Å². The molecule has 1 amide bonds. The number of nitrogens with two attached hydrogens (primary N) is 1. The third-order valence-electron chi connectivity index (χ3n) is 3.31. The maximum Gasteiger partial charge on any atom is 0.224 e. The van der Waals surface area contributed by atoms with Gasteiger partial charge < -0.3 is 10.6 Å². The highest BCUT2D eigenvalue weighted by atomic mass is 16.2. The van der Waals surface area contributed by atoms with E-state index >= 15 is 0 Å². The van der Waals surface area contributed by atoms with Gasteiger partial charge in [-0.15, -0.1) is 0 Å². The molecule has 3 heteroatoms. The van der Waals surface area contributed by atoms with Crippen LogP contribution in [0.4, 0.5) is 0 Å². The molecule has 15 heavy (non-hydrogen) atoms. The molecule has 2 atom stereocenters. The minimum Gasteiger partial charge on any atom is -0.342 e. The number of carbonyl (C=O) groups is 1. The van der Waals surface area contributed by atoms with E-state index in [4.69, 9.17) is 5.73 Å². The molecule has 2 N–H and O–H groups in total. The van der Waals surface area contributed by atoms with E-state index in [0.29, 0.717) is 6.42 Å². The molecule has 0 aromatic heterocycles. The van der Waals surface area contributed by atoms with Crippen molar-refractivity contribution < 1.29 is 4.79 Å². The molecule has 0 aromatic rings. The largest absolute Gasteiger partial charge is 0.342 e. The van der Waals surface area contributed by atoms with Crippen molar-refractivity contribution >= 4 is 5.91 Å². The highest BCUT2D eigenvalue weighted by Crippen LogP contribution is 2.20. The minimum absolute atomic E-state index is 0.0585. The molecule has 88 valence electrons. The zero-order valence-corrected chi connectivity index (χ0v) is 10.0. The van der Waals surface area contributed by atoms with Crippen molar-refractivity contribution in [2.24, 2.45) is 11.7 Å². The van der Waals surface area contributed by atoms with Crippen LogP contribution in [-0.2, 0) is 4.79 Å². The van der Waals surface area contributed by atoms with Gasteiger partial charge in [-0.05, 0) is 18.8 Å². The Kier molecular flexibility index (Phi) is 5.09. The first kappa shape index (κ1) is 12.5. The lowest BCUT2D eigenvalue weighted by molar-refractivity contribution is -0.130. The summed E-state index contributed by atoms with van der Waals surface area (Å²) >= 11 is 0. The normalized spacial score (nSPS) is 23.1. The molecular formula is C12H24N2O. The van der Waals surface area contributed by atoms with Crippen molar-refractivity contribution in [3.63, 3.8) is 0 Å². The third kappa shape index (κ3) is 3.82. The number of hydrogen-bond acceptors (Lipinski definition) is 2. The van der Waals surface area contributed by atoms with E-state index in [9.17, 15) is 4.79 Å². The minimum atomic E-state index is 0.0585. The summed E-state index contributed by atoms with van der Waals surface area (Å²) in [5, 5.41) is 0. The molecule has 0 bridgehead atoms. The Bertz CT molecular complexity index is 206. The summed E-state index contributed by atoms with van der Waals surface area (Å²) in [4.78, 5) is 13.8. The van der Waals surface area contributed by atoms with Gasteiger partial charge in [0.15, 0.2) is 0 Å². The van der Waals surface area contributed by atoms with E-state index < -0.39 is 0 Å². The van der Waals surface area contributed by atoms with Crippen LogP contribution < -0.4 is 5.73 Å². The molecule has 1 rings (SSSR count).